The molecule has 0 radical (unpaired) electrons. The molecule has 0 aliphatic carbocycles. The highest BCUT2D eigenvalue weighted by atomic mass is 32.2. The van der Waals surface area contributed by atoms with Crippen LogP contribution in [0.3, 0.4) is 0 Å². The number of hydrogen-bond donors (Lipinski definition) is 1. The molecule has 23 heavy (non-hydrogen) atoms. The van der Waals surface area contributed by atoms with Crippen LogP contribution < -0.4 is 5.32 Å². The lowest BCUT2D eigenvalue weighted by Gasteiger charge is -2.07. The van der Waals surface area contributed by atoms with Crippen molar-refractivity contribution in [2.45, 2.75) is 11.8 Å². The van der Waals surface area contributed by atoms with Gasteiger partial charge in [-0.1, -0.05) is 6.07 Å². The molecule has 0 saturated heterocycles. The predicted octanol–water partition coefficient (Wildman–Crippen LogP) is 2.30. The van der Waals surface area contributed by atoms with E-state index in [1.54, 1.807) is 29.7 Å². The number of amides is 1. The summed E-state index contributed by atoms with van der Waals surface area (Å²) in [6, 6.07) is 11.6. The molecule has 0 spiro atoms. The lowest BCUT2D eigenvalue weighted by atomic mass is 10.3. The van der Waals surface area contributed by atoms with Gasteiger partial charge >= 0.3 is 0 Å². The summed E-state index contributed by atoms with van der Waals surface area (Å²) in [5.74, 6) is -0.298. The van der Waals surface area contributed by atoms with E-state index >= 15 is 0 Å². The molecule has 7 heteroatoms. The van der Waals surface area contributed by atoms with Gasteiger partial charge in [0.1, 0.15) is 11.3 Å². The maximum absolute atomic E-state index is 12.5. The van der Waals surface area contributed by atoms with Gasteiger partial charge < -0.3 is 5.32 Å². The van der Waals surface area contributed by atoms with Gasteiger partial charge in [-0.15, -0.1) is 0 Å². The standard InChI is InChI=1S/C16H15N3O3S/c1-11-15(19-10-4-3-5-14(19)17-11)16(20)18-12-6-8-13(9-7-12)23(2,21)22/h3-10H,1-2H3,(H,18,20). The summed E-state index contributed by atoms with van der Waals surface area (Å²) in [7, 11) is -3.25. The topological polar surface area (TPSA) is 80.5 Å². The summed E-state index contributed by atoms with van der Waals surface area (Å²) >= 11 is 0. The number of nitrogens with one attached hydrogen (secondary N) is 1. The molecule has 0 bridgehead atoms. The van der Waals surface area contributed by atoms with Crippen LogP contribution in [0.2, 0.25) is 0 Å². The first-order valence-corrected chi connectivity index (χ1v) is 8.80. The molecule has 6 nitrogen and oxygen atoms in total. The molecule has 118 valence electrons. The Balaban J connectivity index is 1.91. The Bertz CT molecular complexity index is 989. The van der Waals surface area contributed by atoms with Crippen molar-refractivity contribution in [3.63, 3.8) is 0 Å². The number of aryl methyl sites for hydroxylation is 1. The van der Waals surface area contributed by atoms with Gasteiger partial charge in [-0.3, -0.25) is 9.20 Å². The van der Waals surface area contributed by atoms with Crippen molar-refractivity contribution >= 4 is 27.1 Å². The minimum Gasteiger partial charge on any atom is -0.321 e. The van der Waals surface area contributed by atoms with E-state index in [1.165, 1.54) is 12.1 Å². The molecular weight excluding hydrogens is 314 g/mol. The van der Waals surface area contributed by atoms with Crippen LogP contribution >= 0.6 is 0 Å². The zero-order valence-corrected chi connectivity index (χ0v) is 13.5. The van der Waals surface area contributed by atoms with E-state index in [4.69, 9.17) is 0 Å². The molecule has 0 aliphatic heterocycles. The summed E-state index contributed by atoms with van der Waals surface area (Å²) in [6.45, 7) is 1.77. The first kappa shape index (κ1) is 15.2. The first-order chi connectivity index (χ1) is 10.9. The molecule has 0 atom stereocenters. The van der Waals surface area contributed by atoms with Crippen molar-refractivity contribution in [2.24, 2.45) is 0 Å². The molecule has 1 amide bonds. The van der Waals surface area contributed by atoms with Gasteiger partial charge in [0.25, 0.3) is 5.91 Å². The van der Waals surface area contributed by atoms with Gasteiger partial charge in [0.2, 0.25) is 0 Å². The number of benzene rings is 1. The number of hydrogen-bond acceptors (Lipinski definition) is 4. The molecule has 0 unspecified atom stereocenters. The number of fused-ring (bicyclic) bond motifs is 1. The molecule has 1 aromatic carbocycles. The fourth-order valence-electron chi connectivity index (χ4n) is 2.36. The van der Waals surface area contributed by atoms with Crippen LogP contribution in [0.25, 0.3) is 5.65 Å². The van der Waals surface area contributed by atoms with E-state index in [9.17, 15) is 13.2 Å². The Morgan fingerprint density at radius 1 is 1.13 bits per heavy atom. The third-order valence-electron chi connectivity index (χ3n) is 3.46. The summed E-state index contributed by atoms with van der Waals surface area (Å²) in [5.41, 5.74) is 2.30. The number of carbonyl (C=O) groups excluding carboxylic acids is 1. The lowest BCUT2D eigenvalue weighted by Crippen LogP contribution is -2.15. The van der Waals surface area contributed by atoms with Gasteiger partial charge in [-0.2, -0.15) is 0 Å². The molecule has 3 aromatic rings. The molecule has 2 heterocycles. The lowest BCUT2D eigenvalue weighted by molar-refractivity contribution is 0.102. The molecule has 2 aromatic heterocycles. The molecular formula is C16H15N3O3S. The number of anilines is 1. The summed E-state index contributed by atoms with van der Waals surface area (Å²) in [4.78, 5) is 17.1. The second kappa shape index (κ2) is 5.51. The van der Waals surface area contributed by atoms with Gasteiger partial charge in [-0.05, 0) is 43.3 Å². The van der Waals surface area contributed by atoms with Crippen molar-refractivity contribution in [3.8, 4) is 0 Å². The maximum atomic E-state index is 12.5. The Hall–Kier alpha value is -2.67. The third kappa shape index (κ3) is 2.95. The molecule has 0 aliphatic rings. The normalized spacial score (nSPS) is 11.6. The van der Waals surface area contributed by atoms with Crippen molar-refractivity contribution < 1.29 is 13.2 Å². The third-order valence-corrected chi connectivity index (χ3v) is 4.59. The van der Waals surface area contributed by atoms with Crippen LogP contribution in [0.1, 0.15) is 16.2 Å². The Labute approximate surface area is 133 Å². The van der Waals surface area contributed by atoms with Gasteiger partial charge in [-0.25, -0.2) is 13.4 Å². The zero-order valence-electron chi connectivity index (χ0n) is 12.6. The number of aromatic nitrogens is 2. The van der Waals surface area contributed by atoms with E-state index in [-0.39, 0.29) is 10.8 Å². The number of nitrogens with zero attached hydrogens (tertiary/aromatic N) is 2. The van der Waals surface area contributed by atoms with E-state index in [2.05, 4.69) is 10.3 Å². The van der Waals surface area contributed by atoms with Crippen LogP contribution in [-0.2, 0) is 9.84 Å². The van der Waals surface area contributed by atoms with Crippen molar-refractivity contribution in [1.29, 1.82) is 0 Å². The van der Waals surface area contributed by atoms with Gasteiger partial charge in [0.05, 0.1) is 10.6 Å². The summed E-state index contributed by atoms with van der Waals surface area (Å²) in [5, 5.41) is 2.76. The molecule has 0 saturated carbocycles. The fourth-order valence-corrected chi connectivity index (χ4v) is 2.99. The monoisotopic (exact) mass is 329 g/mol. The van der Waals surface area contributed by atoms with Crippen LogP contribution in [0.5, 0.6) is 0 Å². The average molecular weight is 329 g/mol. The molecule has 1 N–H and O–H groups in total. The summed E-state index contributed by atoms with van der Waals surface area (Å²) < 4.78 is 24.6. The van der Waals surface area contributed by atoms with E-state index in [0.717, 1.165) is 6.26 Å². The minimum atomic E-state index is -3.25. The van der Waals surface area contributed by atoms with E-state index in [1.807, 2.05) is 18.2 Å². The average Bonchev–Trinajstić information content (AvgIpc) is 2.82. The highest BCUT2D eigenvalue weighted by Crippen LogP contribution is 2.17. The summed E-state index contributed by atoms with van der Waals surface area (Å²) in [6.07, 6.45) is 2.92. The molecule has 3 rings (SSSR count). The Kier molecular flexibility index (Phi) is 3.65. The van der Waals surface area contributed by atoms with Gasteiger partial charge in [0, 0.05) is 18.1 Å². The number of imidazole rings is 1. The second-order valence-electron chi connectivity index (χ2n) is 5.23. The highest BCUT2D eigenvalue weighted by molar-refractivity contribution is 7.90. The van der Waals surface area contributed by atoms with Crippen molar-refractivity contribution in [2.75, 3.05) is 11.6 Å². The zero-order chi connectivity index (χ0) is 16.6. The quantitative estimate of drug-likeness (QED) is 0.799. The first-order valence-electron chi connectivity index (χ1n) is 6.91. The largest absolute Gasteiger partial charge is 0.321 e. The smallest absolute Gasteiger partial charge is 0.274 e. The number of carbonyl (C=O) groups is 1. The number of pyridine rings is 1. The Morgan fingerprint density at radius 2 is 1.83 bits per heavy atom. The van der Waals surface area contributed by atoms with Gasteiger partial charge in [0.15, 0.2) is 9.84 Å². The second-order valence-corrected chi connectivity index (χ2v) is 7.24. The highest BCUT2D eigenvalue weighted by Gasteiger charge is 2.16. The van der Waals surface area contributed by atoms with Crippen molar-refractivity contribution in [3.05, 3.63) is 60.0 Å². The predicted molar refractivity (Wildman–Crippen MR) is 87.4 cm³/mol. The minimum absolute atomic E-state index is 0.210. The van der Waals surface area contributed by atoms with Crippen LogP contribution in [0.4, 0.5) is 5.69 Å². The molecule has 0 fully saturated rings. The SMILES string of the molecule is Cc1nc2ccccn2c1C(=O)Nc1ccc(S(C)(=O)=O)cc1. The van der Waals surface area contributed by atoms with Crippen LogP contribution in [0, 0.1) is 6.92 Å². The van der Waals surface area contributed by atoms with Crippen LogP contribution in [-0.4, -0.2) is 30.0 Å². The van der Waals surface area contributed by atoms with E-state index < -0.39 is 9.84 Å². The van der Waals surface area contributed by atoms with Crippen molar-refractivity contribution in [1.82, 2.24) is 9.38 Å². The van der Waals surface area contributed by atoms with Crippen LogP contribution in [0.15, 0.2) is 53.6 Å². The Morgan fingerprint density at radius 3 is 2.48 bits per heavy atom. The fraction of sp³-hybridized carbons (Fsp3) is 0.125. The number of sulfone groups is 1. The maximum Gasteiger partial charge on any atom is 0.274 e. The van der Waals surface area contributed by atoms with E-state index in [0.29, 0.717) is 22.7 Å². The number of rotatable bonds is 3.